The molecule has 2 rings (SSSR count). The topological polar surface area (TPSA) is 22.1 Å². The van der Waals surface area contributed by atoms with E-state index >= 15 is 0 Å². The van der Waals surface area contributed by atoms with Crippen molar-refractivity contribution in [1.29, 1.82) is 0 Å². The van der Waals surface area contributed by atoms with Crippen LogP contribution in [-0.2, 0) is 13.0 Å². The molecule has 1 aromatic carbocycles. The van der Waals surface area contributed by atoms with Crippen molar-refractivity contribution in [2.24, 2.45) is 0 Å². The van der Waals surface area contributed by atoms with Gasteiger partial charge in [-0.3, -0.25) is 0 Å². The summed E-state index contributed by atoms with van der Waals surface area (Å²) >= 11 is 1.70. The lowest BCUT2D eigenvalue weighted by atomic mass is 10.1. The van der Waals surface area contributed by atoms with E-state index in [-0.39, 0.29) is 0 Å². The van der Waals surface area contributed by atoms with Gasteiger partial charge in [-0.25, -0.2) is 4.98 Å². The van der Waals surface area contributed by atoms with Crippen LogP contribution in [0.2, 0.25) is 0 Å². The summed E-state index contributed by atoms with van der Waals surface area (Å²) in [4.78, 5) is 4.50. The second-order valence-electron chi connectivity index (χ2n) is 4.10. The fraction of sp³-hybridized carbons (Fsp3) is 0.357. The Hall–Kier alpha value is -1.35. The van der Waals surface area contributed by atoms with E-state index < -0.39 is 0 Å². The van der Waals surface area contributed by atoms with Crippen LogP contribution in [0.3, 0.4) is 0 Å². The Labute approximate surface area is 106 Å². The predicted octanol–water partition coefficient (Wildman–Crippen LogP) is 3.90. The molecule has 0 atom stereocenters. The molecule has 0 aliphatic rings. The number of para-hydroxylation sites is 1. The Balaban J connectivity index is 2.07. The average Bonchev–Trinajstić information content (AvgIpc) is 2.76. The lowest BCUT2D eigenvalue weighted by Gasteiger charge is -2.10. The average molecular weight is 247 g/mol. The van der Waals surface area contributed by atoms with Crippen molar-refractivity contribution in [2.45, 2.75) is 33.8 Å². The number of nitrogens with zero attached hydrogens (tertiary/aromatic N) is 1. The number of hydrogen-bond donors (Lipinski definition) is 0. The molecule has 0 amide bonds. The third kappa shape index (κ3) is 2.86. The molecule has 2 nitrogen and oxygen atoms in total. The molecule has 1 aromatic heterocycles. The second kappa shape index (κ2) is 5.32. The van der Waals surface area contributed by atoms with Gasteiger partial charge in [0.05, 0.1) is 10.7 Å². The summed E-state index contributed by atoms with van der Waals surface area (Å²) in [5.74, 6) is 0.985. The number of ether oxygens (including phenoxy) is 1. The maximum absolute atomic E-state index is 5.86. The Bertz CT molecular complexity index is 484. The van der Waals surface area contributed by atoms with Gasteiger partial charge in [-0.1, -0.05) is 25.1 Å². The van der Waals surface area contributed by atoms with Gasteiger partial charge in [0.2, 0.25) is 0 Å². The fourth-order valence-corrected chi connectivity index (χ4v) is 2.48. The van der Waals surface area contributed by atoms with E-state index in [9.17, 15) is 0 Å². The zero-order valence-electron chi connectivity index (χ0n) is 10.5. The van der Waals surface area contributed by atoms with Gasteiger partial charge in [-0.2, -0.15) is 0 Å². The van der Waals surface area contributed by atoms with Gasteiger partial charge >= 0.3 is 0 Å². The van der Waals surface area contributed by atoms with Gasteiger partial charge in [0.1, 0.15) is 12.4 Å². The summed E-state index contributed by atoms with van der Waals surface area (Å²) in [6.07, 6.45) is 0.994. The molecule has 3 heteroatoms. The SMILES string of the molecule is CCc1nc(COc2c(C)cccc2C)cs1. The van der Waals surface area contributed by atoms with Crippen LogP contribution in [0.4, 0.5) is 0 Å². The molecule has 0 saturated carbocycles. The highest BCUT2D eigenvalue weighted by atomic mass is 32.1. The van der Waals surface area contributed by atoms with E-state index in [1.165, 1.54) is 16.1 Å². The monoisotopic (exact) mass is 247 g/mol. The molecule has 1 heterocycles. The van der Waals surface area contributed by atoms with Crippen molar-refractivity contribution in [3.63, 3.8) is 0 Å². The molecule has 0 aliphatic heterocycles. The highest BCUT2D eigenvalue weighted by Gasteiger charge is 2.05. The minimum atomic E-state index is 0.558. The molecule has 2 aromatic rings. The lowest BCUT2D eigenvalue weighted by Crippen LogP contribution is -1.99. The molecule has 17 heavy (non-hydrogen) atoms. The Morgan fingerprint density at radius 2 is 1.94 bits per heavy atom. The van der Waals surface area contributed by atoms with Gasteiger partial charge in [-0.15, -0.1) is 11.3 Å². The summed E-state index contributed by atoms with van der Waals surface area (Å²) in [6, 6.07) is 6.19. The largest absolute Gasteiger partial charge is 0.487 e. The number of rotatable bonds is 4. The number of hydrogen-bond acceptors (Lipinski definition) is 3. The van der Waals surface area contributed by atoms with Crippen molar-refractivity contribution in [3.8, 4) is 5.75 Å². The molecule has 0 radical (unpaired) electrons. The number of thiazole rings is 1. The Morgan fingerprint density at radius 1 is 1.24 bits per heavy atom. The number of aromatic nitrogens is 1. The first-order chi connectivity index (χ1) is 8.20. The maximum Gasteiger partial charge on any atom is 0.131 e. The molecule has 0 aliphatic carbocycles. The molecule has 0 bridgehead atoms. The zero-order valence-corrected chi connectivity index (χ0v) is 11.3. The summed E-state index contributed by atoms with van der Waals surface area (Å²) in [7, 11) is 0. The molecule has 0 spiro atoms. The summed E-state index contributed by atoms with van der Waals surface area (Å²) in [5.41, 5.74) is 3.38. The van der Waals surface area contributed by atoms with Crippen LogP contribution in [0, 0.1) is 13.8 Å². The lowest BCUT2D eigenvalue weighted by molar-refractivity contribution is 0.298. The number of aryl methyl sites for hydroxylation is 3. The van der Waals surface area contributed by atoms with Crippen molar-refractivity contribution in [1.82, 2.24) is 4.98 Å². The van der Waals surface area contributed by atoms with Crippen molar-refractivity contribution in [3.05, 3.63) is 45.4 Å². The van der Waals surface area contributed by atoms with Crippen LogP contribution >= 0.6 is 11.3 Å². The summed E-state index contributed by atoms with van der Waals surface area (Å²) < 4.78 is 5.86. The first kappa shape index (κ1) is 12.1. The molecular formula is C14H17NOS. The summed E-state index contributed by atoms with van der Waals surface area (Å²) in [5, 5.41) is 3.25. The van der Waals surface area contributed by atoms with Crippen LogP contribution in [0.25, 0.3) is 0 Å². The van der Waals surface area contributed by atoms with Crippen molar-refractivity contribution >= 4 is 11.3 Å². The standard InChI is InChI=1S/C14H17NOS/c1-4-13-15-12(9-17-13)8-16-14-10(2)6-5-7-11(14)3/h5-7,9H,4,8H2,1-3H3. The smallest absolute Gasteiger partial charge is 0.131 e. The molecular weight excluding hydrogens is 230 g/mol. The third-order valence-electron chi connectivity index (χ3n) is 2.67. The van der Waals surface area contributed by atoms with Gasteiger partial charge < -0.3 is 4.74 Å². The molecule has 0 saturated heterocycles. The highest BCUT2D eigenvalue weighted by Crippen LogP contribution is 2.23. The first-order valence-electron chi connectivity index (χ1n) is 5.83. The van der Waals surface area contributed by atoms with E-state index in [1.54, 1.807) is 11.3 Å². The van der Waals surface area contributed by atoms with Crippen LogP contribution < -0.4 is 4.74 Å². The minimum Gasteiger partial charge on any atom is -0.487 e. The van der Waals surface area contributed by atoms with Crippen LogP contribution in [0.15, 0.2) is 23.6 Å². The van der Waals surface area contributed by atoms with E-state index in [2.05, 4.69) is 49.3 Å². The third-order valence-corrected chi connectivity index (χ3v) is 3.72. The maximum atomic E-state index is 5.86. The van der Waals surface area contributed by atoms with Gasteiger partial charge in [-0.05, 0) is 31.4 Å². The quantitative estimate of drug-likeness (QED) is 0.817. The van der Waals surface area contributed by atoms with Gasteiger partial charge in [0, 0.05) is 5.38 Å². The fourth-order valence-electron chi connectivity index (χ4n) is 1.75. The van der Waals surface area contributed by atoms with Crippen LogP contribution in [0.5, 0.6) is 5.75 Å². The van der Waals surface area contributed by atoms with Crippen molar-refractivity contribution in [2.75, 3.05) is 0 Å². The Kier molecular flexibility index (Phi) is 3.79. The minimum absolute atomic E-state index is 0.558. The van der Waals surface area contributed by atoms with Gasteiger partial charge in [0.15, 0.2) is 0 Å². The summed E-state index contributed by atoms with van der Waals surface area (Å²) in [6.45, 7) is 6.82. The number of benzene rings is 1. The van der Waals surface area contributed by atoms with Crippen LogP contribution in [0.1, 0.15) is 28.8 Å². The van der Waals surface area contributed by atoms with Crippen LogP contribution in [-0.4, -0.2) is 4.98 Å². The molecule has 90 valence electrons. The second-order valence-corrected chi connectivity index (χ2v) is 5.04. The first-order valence-corrected chi connectivity index (χ1v) is 6.71. The van der Waals surface area contributed by atoms with E-state index in [0.717, 1.165) is 17.9 Å². The zero-order chi connectivity index (χ0) is 12.3. The molecule has 0 unspecified atom stereocenters. The van der Waals surface area contributed by atoms with E-state index in [1.807, 2.05) is 0 Å². The van der Waals surface area contributed by atoms with E-state index in [4.69, 9.17) is 4.74 Å². The van der Waals surface area contributed by atoms with E-state index in [0.29, 0.717) is 6.61 Å². The van der Waals surface area contributed by atoms with Gasteiger partial charge in [0.25, 0.3) is 0 Å². The predicted molar refractivity (Wildman–Crippen MR) is 71.7 cm³/mol. The molecule has 0 N–H and O–H groups in total. The molecule has 0 fully saturated rings. The van der Waals surface area contributed by atoms with Crippen molar-refractivity contribution < 1.29 is 4.74 Å². The Morgan fingerprint density at radius 3 is 2.53 bits per heavy atom. The normalized spacial score (nSPS) is 10.5. The highest BCUT2D eigenvalue weighted by molar-refractivity contribution is 7.09.